The number of hydrogen-bond acceptors (Lipinski definition) is 2. The number of aryl methyl sites for hydroxylation is 1. The molecule has 162 valence electrons. The predicted molar refractivity (Wildman–Crippen MR) is 129 cm³/mol. The minimum atomic E-state index is -0.359. The summed E-state index contributed by atoms with van der Waals surface area (Å²) in [7, 11) is 0. The lowest BCUT2D eigenvalue weighted by Crippen LogP contribution is -2.28. The summed E-state index contributed by atoms with van der Waals surface area (Å²) in [5, 5.41) is 5.99. The summed E-state index contributed by atoms with van der Waals surface area (Å²) in [5.74, 6) is -0.473. The first-order valence-electron chi connectivity index (χ1n) is 10.9. The number of benzene rings is 3. The van der Waals surface area contributed by atoms with Gasteiger partial charge >= 0.3 is 0 Å². The van der Waals surface area contributed by atoms with Crippen LogP contribution in [0.15, 0.2) is 66.7 Å². The van der Waals surface area contributed by atoms with Crippen molar-refractivity contribution in [2.45, 2.75) is 26.4 Å². The van der Waals surface area contributed by atoms with Crippen LogP contribution in [0.2, 0.25) is 5.02 Å². The first-order chi connectivity index (χ1) is 15.5. The fourth-order valence-corrected chi connectivity index (χ4v) is 4.75. The van der Waals surface area contributed by atoms with Gasteiger partial charge in [-0.05, 0) is 48.9 Å². The zero-order valence-corrected chi connectivity index (χ0v) is 18.6. The predicted octanol–water partition coefficient (Wildman–Crippen LogP) is 5.46. The fraction of sp³-hybridized carbons (Fsp3) is 0.231. The van der Waals surface area contributed by atoms with Gasteiger partial charge in [0.25, 0.3) is 0 Å². The van der Waals surface area contributed by atoms with Gasteiger partial charge in [0, 0.05) is 58.6 Å². The molecular weight excluding hydrogens is 422 g/mol. The number of rotatable bonds is 5. The SMILES string of the molecule is CCn1c2ccccc2c2cc(NC(=O)C3CC(=O)N(Cc4ccc(Cl)cc4)C3)ccc21. The highest BCUT2D eigenvalue weighted by molar-refractivity contribution is 6.30. The number of likely N-dealkylation sites (tertiary alicyclic amines) is 1. The molecule has 1 aliphatic heterocycles. The summed E-state index contributed by atoms with van der Waals surface area (Å²) in [4.78, 5) is 27.2. The molecule has 0 bridgehead atoms. The smallest absolute Gasteiger partial charge is 0.229 e. The van der Waals surface area contributed by atoms with Crippen LogP contribution in [-0.2, 0) is 22.7 Å². The van der Waals surface area contributed by atoms with Crippen molar-refractivity contribution in [3.63, 3.8) is 0 Å². The molecule has 0 saturated carbocycles. The van der Waals surface area contributed by atoms with Gasteiger partial charge in [-0.2, -0.15) is 0 Å². The van der Waals surface area contributed by atoms with Crippen LogP contribution in [0.1, 0.15) is 18.9 Å². The number of carbonyl (C=O) groups is 2. The Morgan fingerprint density at radius 2 is 1.78 bits per heavy atom. The monoisotopic (exact) mass is 445 g/mol. The summed E-state index contributed by atoms with van der Waals surface area (Å²) < 4.78 is 2.28. The summed E-state index contributed by atoms with van der Waals surface area (Å²) in [6, 6.07) is 21.8. The van der Waals surface area contributed by atoms with E-state index in [-0.39, 0.29) is 24.2 Å². The Hall–Kier alpha value is -3.31. The minimum Gasteiger partial charge on any atom is -0.341 e. The van der Waals surface area contributed by atoms with Crippen LogP contribution in [0.3, 0.4) is 0 Å². The second kappa shape index (κ2) is 8.32. The van der Waals surface area contributed by atoms with Crippen molar-refractivity contribution in [1.82, 2.24) is 9.47 Å². The molecule has 5 nitrogen and oxygen atoms in total. The number of nitrogens with one attached hydrogen (secondary N) is 1. The summed E-state index contributed by atoms with van der Waals surface area (Å²) in [5.41, 5.74) is 4.09. The van der Waals surface area contributed by atoms with Gasteiger partial charge in [0.1, 0.15) is 0 Å². The molecule has 0 spiro atoms. The minimum absolute atomic E-state index is 0.00145. The van der Waals surface area contributed by atoms with E-state index < -0.39 is 0 Å². The van der Waals surface area contributed by atoms with Crippen LogP contribution < -0.4 is 5.32 Å². The van der Waals surface area contributed by atoms with Crippen LogP contribution in [0.25, 0.3) is 21.8 Å². The summed E-state index contributed by atoms with van der Waals surface area (Å²) in [6.07, 6.45) is 0.233. The number of carbonyl (C=O) groups excluding carboxylic acids is 2. The number of hydrogen-bond donors (Lipinski definition) is 1. The zero-order valence-electron chi connectivity index (χ0n) is 17.8. The highest BCUT2D eigenvalue weighted by atomic mass is 35.5. The molecule has 6 heteroatoms. The molecule has 4 aromatic rings. The average Bonchev–Trinajstić information content (AvgIpc) is 3.32. The van der Waals surface area contributed by atoms with Gasteiger partial charge in [-0.3, -0.25) is 9.59 Å². The lowest BCUT2D eigenvalue weighted by molar-refractivity contribution is -0.128. The molecule has 2 heterocycles. The molecule has 1 atom stereocenters. The van der Waals surface area contributed by atoms with Crippen molar-refractivity contribution >= 4 is 50.9 Å². The van der Waals surface area contributed by atoms with E-state index in [0.717, 1.165) is 28.7 Å². The Morgan fingerprint density at radius 1 is 1.03 bits per heavy atom. The van der Waals surface area contributed by atoms with Gasteiger partial charge in [0.05, 0.1) is 5.92 Å². The van der Waals surface area contributed by atoms with Crippen LogP contribution in [0.5, 0.6) is 0 Å². The van der Waals surface area contributed by atoms with Gasteiger partial charge in [-0.15, -0.1) is 0 Å². The highest BCUT2D eigenvalue weighted by Crippen LogP contribution is 2.31. The van der Waals surface area contributed by atoms with Gasteiger partial charge in [-0.25, -0.2) is 0 Å². The van der Waals surface area contributed by atoms with Crippen molar-refractivity contribution < 1.29 is 9.59 Å². The molecule has 1 fully saturated rings. The van der Waals surface area contributed by atoms with E-state index in [1.165, 1.54) is 10.9 Å². The van der Waals surface area contributed by atoms with Crippen LogP contribution in [-0.4, -0.2) is 27.8 Å². The van der Waals surface area contributed by atoms with Crippen molar-refractivity contribution in [3.05, 3.63) is 77.3 Å². The molecule has 5 rings (SSSR count). The van der Waals surface area contributed by atoms with Crippen molar-refractivity contribution in [2.24, 2.45) is 5.92 Å². The van der Waals surface area contributed by atoms with E-state index in [4.69, 9.17) is 11.6 Å². The maximum atomic E-state index is 13.0. The number of halogens is 1. The second-order valence-corrected chi connectivity index (χ2v) is 8.72. The molecular formula is C26H24ClN3O2. The molecule has 2 amide bonds. The Kier molecular flexibility index (Phi) is 5.35. The lowest BCUT2D eigenvalue weighted by Gasteiger charge is -2.17. The van der Waals surface area contributed by atoms with Crippen LogP contribution >= 0.6 is 11.6 Å². The van der Waals surface area contributed by atoms with E-state index in [2.05, 4.69) is 35.0 Å². The van der Waals surface area contributed by atoms with Gasteiger partial charge in [0.15, 0.2) is 0 Å². The van der Waals surface area contributed by atoms with Crippen molar-refractivity contribution in [3.8, 4) is 0 Å². The Bertz CT molecular complexity index is 1330. The van der Waals surface area contributed by atoms with Crippen molar-refractivity contribution in [2.75, 3.05) is 11.9 Å². The number of fused-ring (bicyclic) bond motifs is 3. The van der Waals surface area contributed by atoms with Crippen molar-refractivity contribution in [1.29, 1.82) is 0 Å². The first-order valence-corrected chi connectivity index (χ1v) is 11.3. The number of aromatic nitrogens is 1. The Balaban J connectivity index is 1.33. The molecule has 1 aliphatic rings. The highest BCUT2D eigenvalue weighted by Gasteiger charge is 2.34. The molecule has 1 saturated heterocycles. The number of nitrogens with zero attached hydrogens (tertiary/aromatic N) is 2. The normalized spacial score (nSPS) is 16.2. The first kappa shape index (κ1) is 20.6. The number of anilines is 1. The zero-order chi connectivity index (χ0) is 22.2. The average molecular weight is 446 g/mol. The third-order valence-corrected chi connectivity index (χ3v) is 6.48. The third kappa shape index (κ3) is 3.73. The molecule has 3 aromatic carbocycles. The molecule has 0 radical (unpaired) electrons. The summed E-state index contributed by atoms with van der Waals surface area (Å²) >= 11 is 5.94. The van der Waals surface area contributed by atoms with Crippen LogP contribution in [0, 0.1) is 5.92 Å². The second-order valence-electron chi connectivity index (χ2n) is 8.28. The van der Waals surface area contributed by atoms with E-state index in [9.17, 15) is 9.59 Å². The number of para-hydroxylation sites is 1. The standard InChI is InChI=1S/C26H24ClN3O2/c1-2-30-23-6-4-3-5-21(23)22-14-20(11-12-24(22)30)28-26(32)18-13-25(31)29(16-18)15-17-7-9-19(27)10-8-17/h3-12,14,18H,2,13,15-16H2,1H3,(H,28,32). The Morgan fingerprint density at radius 3 is 2.56 bits per heavy atom. The quantitative estimate of drug-likeness (QED) is 0.443. The van der Waals surface area contributed by atoms with Gasteiger partial charge in [0.2, 0.25) is 11.8 Å². The van der Waals surface area contributed by atoms with E-state index in [1.807, 2.05) is 48.5 Å². The lowest BCUT2D eigenvalue weighted by atomic mass is 10.1. The van der Waals surface area contributed by atoms with Gasteiger partial charge < -0.3 is 14.8 Å². The fourth-order valence-electron chi connectivity index (χ4n) is 4.63. The van der Waals surface area contributed by atoms with E-state index in [1.54, 1.807) is 4.90 Å². The molecule has 1 N–H and O–H groups in total. The molecule has 32 heavy (non-hydrogen) atoms. The number of amides is 2. The maximum absolute atomic E-state index is 13.0. The molecule has 0 aliphatic carbocycles. The molecule has 1 aromatic heterocycles. The molecule has 1 unspecified atom stereocenters. The summed E-state index contributed by atoms with van der Waals surface area (Å²) in [6.45, 7) is 3.92. The van der Waals surface area contributed by atoms with Gasteiger partial charge in [-0.1, -0.05) is 41.9 Å². The Labute approximate surface area is 191 Å². The van der Waals surface area contributed by atoms with E-state index >= 15 is 0 Å². The van der Waals surface area contributed by atoms with Crippen LogP contribution in [0.4, 0.5) is 5.69 Å². The largest absolute Gasteiger partial charge is 0.341 e. The third-order valence-electron chi connectivity index (χ3n) is 6.23. The topological polar surface area (TPSA) is 54.3 Å². The van der Waals surface area contributed by atoms with E-state index in [0.29, 0.717) is 18.1 Å². The maximum Gasteiger partial charge on any atom is 0.229 e.